The molecule has 0 N–H and O–H groups in total. The summed E-state index contributed by atoms with van der Waals surface area (Å²) in [5, 5.41) is 0.738. The van der Waals surface area contributed by atoms with Gasteiger partial charge in [0.2, 0.25) is 0 Å². The normalized spacial score (nSPS) is 12.0. The van der Waals surface area contributed by atoms with Gasteiger partial charge < -0.3 is 4.79 Å². The SMILES string of the molecule is CC.CC.O=CCn1cnc2sc3c(c2c1=O)CCC3. The Morgan fingerprint density at radius 3 is 2.65 bits per heavy atom. The van der Waals surface area contributed by atoms with E-state index in [4.69, 9.17) is 0 Å². The van der Waals surface area contributed by atoms with Gasteiger partial charge in [0.05, 0.1) is 18.3 Å². The van der Waals surface area contributed by atoms with Crippen molar-refractivity contribution in [2.75, 3.05) is 0 Å². The zero-order valence-corrected chi connectivity index (χ0v) is 13.4. The molecule has 0 atom stereocenters. The van der Waals surface area contributed by atoms with Crippen LogP contribution < -0.4 is 5.56 Å². The fourth-order valence-corrected chi connectivity index (χ4v) is 3.45. The van der Waals surface area contributed by atoms with E-state index in [-0.39, 0.29) is 12.1 Å². The van der Waals surface area contributed by atoms with Crippen LogP contribution in [0, 0.1) is 0 Å². The molecule has 110 valence electrons. The number of rotatable bonds is 2. The summed E-state index contributed by atoms with van der Waals surface area (Å²) >= 11 is 1.61. The Morgan fingerprint density at radius 2 is 2.00 bits per heavy atom. The Labute approximate surface area is 123 Å². The lowest BCUT2D eigenvalue weighted by Crippen LogP contribution is -2.21. The van der Waals surface area contributed by atoms with Crippen LogP contribution >= 0.6 is 11.3 Å². The van der Waals surface area contributed by atoms with Gasteiger partial charge in [-0.2, -0.15) is 0 Å². The largest absolute Gasteiger partial charge is 0.301 e. The quantitative estimate of drug-likeness (QED) is 0.799. The first-order valence-electron chi connectivity index (χ1n) is 7.24. The minimum Gasteiger partial charge on any atom is -0.301 e. The predicted octanol–water partition coefficient (Wildman–Crippen LogP) is 3.20. The summed E-state index contributed by atoms with van der Waals surface area (Å²) in [6, 6.07) is 0. The molecular formula is C15H22N2O2S. The van der Waals surface area contributed by atoms with Crippen LogP contribution in [0.25, 0.3) is 10.2 Å². The molecule has 5 heteroatoms. The predicted molar refractivity (Wildman–Crippen MR) is 84.7 cm³/mol. The molecule has 0 aliphatic heterocycles. The van der Waals surface area contributed by atoms with Gasteiger partial charge in [-0.15, -0.1) is 11.3 Å². The molecule has 0 radical (unpaired) electrons. The maximum atomic E-state index is 12.1. The van der Waals surface area contributed by atoms with Crippen molar-refractivity contribution in [2.45, 2.75) is 53.5 Å². The van der Waals surface area contributed by atoms with Crippen LogP contribution in [-0.2, 0) is 24.2 Å². The summed E-state index contributed by atoms with van der Waals surface area (Å²) in [5.41, 5.74) is 1.09. The van der Waals surface area contributed by atoms with Gasteiger partial charge in [-0.05, 0) is 24.8 Å². The second-order valence-electron chi connectivity index (χ2n) is 3.91. The lowest BCUT2D eigenvalue weighted by molar-refractivity contribution is -0.108. The molecule has 1 aliphatic carbocycles. The third kappa shape index (κ3) is 2.98. The number of hydrogen-bond acceptors (Lipinski definition) is 4. The average Bonchev–Trinajstić information content (AvgIpc) is 3.07. The van der Waals surface area contributed by atoms with Gasteiger partial charge >= 0.3 is 0 Å². The molecule has 2 aromatic heterocycles. The van der Waals surface area contributed by atoms with E-state index in [1.807, 2.05) is 27.7 Å². The number of hydrogen-bond donors (Lipinski definition) is 0. The molecule has 20 heavy (non-hydrogen) atoms. The van der Waals surface area contributed by atoms with Crippen molar-refractivity contribution in [3.8, 4) is 0 Å². The third-order valence-electron chi connectivity index (χ3n) is 2.96. The number of aromatic nitrogens is 2. The van der Waals surface area contributed by atoms with Crippen LogP contribution in [0.5, 0.6) is 0 Å². The van der Waals surface area contributed by atoms with Gasteiger partial charge in [0.25, 0.3) is 5.56 Å². The summed E-state index contributed by atoms with van der Waals surface area (Å²) in [6.45, 7) is 8.09. The van der Waals surface area contributed by atoms with Gasteiger partial charge in [-0.3, -0.25) is 9.36 Å². The minimum atomic E-state index is -0.0727. The molecule has 0 unspecified atom stereocenters. The number of fused-ring (bicyclic) bond motifs is 3. The fraction of sp³-hybridized carbons (Fsp3) is 0.533. The molecule has 0 aromatic carbocycles. The van der Waals surface area contributed by atoms with E-state index in [9.17, 15) is 9.59 Å². The molecule has 0 bridgehead atoms. The van der Waals surface area contributed by atoms with E-state index in [1.165, 1.54) is 15.8 Å². The smallest absolute Gasteiger partial charge is 0.262 e. The van der Waals surface area contributed by atoms with E-state index in [1.54, 1.807) is 11.3 Å². The summed E-state index contributed by atoms with van der Waals surface area (Å²) in [7, 11) is 0. The maximum Gasteiger partial charge on any atom is 0.262 e. The number of thiophene rings is 1. The molecule has 1 aliphatic rings. The van der Waals surface area contributed by atoms with Crippen molar-refractivity contribution >= 4 is 27.8 Å². The molecule has 2 aromatic rings. The van der Waals surface area contributed by atoms with Gasteiger partial charge in [-0.25, -0.2) is 4.98 Å². The van der Waals surface area contributed by atoms with E-state index < -0.39 is 0 Å². The second-order valence-corrected chi connectivity index (χ2v) is 4.99. The van der Waals surface area contributed by atoms with E-state index in [2.05, 4.69) is 4.98 Å². The minimum absolute atomic E-state index is 0.0727. The van der Waals surface area contributed by atoms with Crippen molar-refractivity contribution in [2.24, 2.45) is 0 Å². The standard InChI is InChI=1S/C11H10N2O2S.2C2H6/c14-5-4-13-6-12-10-9(11(13)15)7-2-1-3-8(7)16-10;2*1-2/h5-6H,1-4H2;2*1-2H3. The van der Waals surface area contributed by atoms with Gasteiger partial charge in [0, 0.05) is 4.88 Å². The van der Waals surface area contributed by atoms with Crippen molar-refractivity contribution in [1.82, 2.24) is 9.55 Å². The molecule has 4 nitrogen and oxygen atoms in total. The highest BCUT2D eigenvalue weighted by Gasteiger charge is 2.20. The van der Waals surface area contributed by atoms with E-state index in [0.717, 1.165) is 41.3 Å². The molecule has 2 heterocycles. The third-order valence-corrected chi connectivity index (χ3v) is 4.16. The number of carbonyl (C=O) groups is 1. The molecule has 0 saturated heterocycles. The van der Waals surface area contributed by atoms with E-state index in [0.29, 0.717) is 0 Å². The van der Waals surface area contributed by atoms with Gasteiger partial charge in [0.15, 0.2) is 0 Å². The topological polar surface area (TPSA) is 52.0 Å². The van der Waals surface area contributed by atoms with Crippen LogP contribution in [0.4, 0.5) is 0 Å². The van der Waals surface area contributed by atoms with Gasteiger partial charge in [0.1, 0.15) is 11.1 Å². The lowest BCUT2D eigenvalue weighted by atomic mass is 10.2. The zero-order valence-electron chi connectivity index (χ0n) is 12.6. The molecule has 0 saturated carbocycles. The highest BCUT2D eigenvalue weighted by Crippen LogP contribution is 2.34. The number of aldehydes is 1. The Bertz CT molecular complexity index is 629. The first-order valence-corrected chi connectivity index (χ1v) is 8.06. The summed E-state index contributed by atoms with van der Waals surface area (Å²) < 4.78 is 1.38. The number of nitrogens with zero attached hydrogens (tertiary/aromatic N) is 2. The maximum absolute atomic E-state index is 12.1. The Kier molecular flexibility index (Phi) is 6.58. The monoisotopic (exact) mass is 294 g/mol. The molecule has 0 spiro atoms. The first-order chi connectivity index (χ1) is 9.81. The molecular weight excluding hydrogens is 272 g/mol. The van der Waals surface area contributed by atoms with Crippen LogP contribution in [0.2, 0.25) is 0 Å². The average molecular weight is 294 g/mol. The van der Waals surface area contributed by atoms with Crippen LogP contribution in [0.15, 0.2) is 11.1 Å². The highest BCUT2D eigenvalue weighted by molar-refractivity contribution is 7.18. The highest BCUT2D eigenvalue weighted by atomic mass is 32.1. The van der Waals surface area contributed by atoms with Crippen molar-refractivity contribution < 1.29 is 4.79 Å². The van der Waals surface area contributed by atoms with Crippen molar-refractivity contribution in [3.05, 3.63) is 27.1 Å². The first kappa shape index (κ1) is 16.6. The van der Waals surface area contributed by atoms with Crippen LogP contribution in [0.3, 0.4) is 0 Å². The summed E-state index contributed by atoms with van der Waals surface area (Å²) in [6.07, 6.45) is 5.34. The van der Waals surface area contributed by atoms with Crippen LogP contribution in [0.1, 0.15) is 44.6 Å². The zero-order chi connectivity index (χ0) is 15.1. The Morgan fingerprint density at radius 1 is 1.30 bits per heavy atom. The van der Waals surface area contributed by atoms with Gasteiger partial charge in [-0.1, -0.05) is 27.7 Å². The molecule has 0 fully saturated rings. The fourth-order valence-electron chi connectivity index (χ4n) is 2.23. The Hall–Kier alpha value is -1.49. The van der Waals surface area contributed by atoms with E-state index >= 15 is 0 Å². The Balaban J connectivity index is 0.000000461. The molecule has 3 rings (SSSR count). The van der Waals surface area contributed by atoms with Crippen molar-refractivity contribution in [1.29, 1.82) is 0 Å². The number of carbonyl (C=O) groups excluding carboxylic acids is 1. The second kappa shape index (κ2) is 7.94. The van der Waals surface area contributed by atoms with Crippen LogP contribution in [-0.4, -0.2) is 15.8 Å². The van der Waals surface area contributed by atoms with Crippen molar-refractivity contribution in [3.63, 3.8) is 0 Å². The summed E-state index contributed by atoms with van der Waals surface area (Å²) in [5.74, 6) is 0. The molecule has 0 amide bonds. The lowest BCUT2D eigenvalue weighted by Gasteiger charge is -2.00. The number of aryl methyl sites for hydroxylation is 2. The summed E-state index contributed by atoms with van der Waals surface area (Å²) in [4.78, 5) is 28.9.